The summed E-state index contributed by atoms with van der Waals surface area (Å²) in [6.45, 7) is 0.106. The maximum Gasteiger partial charge on any atom is 0.328 e. The van der Waals surface area contributed by atoms with E-state index in [1.807, 2.05) is 0 Å². The third-order valence-electron chi connectivity index (χ3n) is 3.39. The lowest BCUT2D eigenvalue weighted by molar-refractivity contribution is -0.156. The molecule has 0 saturated carbocycles. The van der Waals surface area contributed by atoms with E-state index in [0.717, 1.165) is 0 Å². The first-order valence-electron chi connectivity index (χ1n) is 6.34. The van der Waals surface area contributed by atoms with Crippen LogP contribution in [0, 0.1) is 5.82 Å². The molecule has 0 N–H and O–H groups in total. The summed E-state index contributed by atoms with van der Waals surface area (Å²) < 4.78 is 18.0. The number of carbonyl (C=O) groups is 2. The predicted molar refractivity (Wildman–Crippen MR) is 71.6 cm³/mol. The summed E-state index contributed by atoms with van der Waals surface area (Å²) >= 11 is 6.00. The Labute approximate surface area is 121 Å². The zero-order valence-electron chi connectivity index (χ0n) is 11.1. The number of hydrogen-bond donors (Lipinski definition) is 0. The molecule has 0 radical (unpaired) electrons. The zero-order valence-corrected chi connectivity index (χ0v) is 11.8. The van der Waals surface area contributed by atoms with Gasteiger partial charge in [-0.15, -0.1) is 0 Å². The Hall–Kier alpha value is -1.62. The average molecular weight is 300 g/mol. The van der Waals surface area contributed by atoms with Gasteiger partial charge in [0.25, 0.3) is 0 Å². The zero-order chi connectivity index (χ0) is 14.7. The summed E-state index contributed by atoms with van der Waals surface area (Å²) in [4.78, 5) is 25.2. The first-order valence-corrected chi connectivity index (χ1v) is 6.72. The fourth-order valence-electron chi connectivity index (χ4n) is 2.35. The second-order valence-corrected chi connectivity index (χ2v) is 5.10. The molecule has 108 valence electrons. The normalized spacial score (nSPS) is 19.1. The van der Waals surface area contributed by atoms with Gasteiger partial charge in [-0.3, -0.25) is 4.79 Å². The Morgan fingerprint density at radius 3 is 3.00 bits per heavy atom. The van der Waals surface area contributed by atoms with Crippen molar-refractivity contribution in [1.29, 1.82) is 0 Å². The minimum Gasteiger partial charge on any atom is -0.467 e. The van der Waals surface area contributed by atoms with Crippen LogP contribution in [-0.4, -0.2) is 29.9 Å². The van der Waals surface area contributed by atoms with Crippen LogP contribution >= 0.6 is 11.6 Å². The first kappa shape index (κ1) is 14.8. The molecule has 0 spiro atoms. The fraction of sp³-hybridized carbons (Fsp3) is 0.429. The summed E-state index contributed by atoms with van der Waals surface area (Å²) in [6.07, 6.45) is 1.57. The summed E-state index contributed by atoms with van der Waals surface area (Å²) in [5.41, 5.74) is 0.482. The number of nitrogens with zero attached hydrogens (tertiary/aromatic N) is 1. The second-order valence-electron chi connectivity index (χ2n) is 4.69. The van der Waals surface area contributed by atoms with Crippen LogP contribution in [-0.2, 0) is 20.9 Å². The molecule has 1 aliphatic rings. The van der Waals surface area contributed by atoms with Crippen molar-refractivity contribution < 1.29 is 18.7 Å². The van der Waals surface area contributed by atoms with E-state index < -0.39 is 17.8 Å². The fourth-order valence-corrected chi connectivity index (χ4v) is 2.52. The van der Waals surface area contributed by atoms with Crippen molar-refractivity contribution in [1.82, 2.24) is 4.90 Å². The van der Waals surface area contributed by atoms with Gasteiger partial charge in [0.2, 0.25) is 5.91 Å². The van der Waals surface area contributed by atoms with Gasteiger partial charge in [0, 0.05) is 18.0 Å². The number of ether oxygens (including phenoxy) is 1. The molecule has 1 aromatic rings. The highest BCUT2D eigenvalue weighted by Crippen LogP contribution is 2.25. The Bertz CT molecular complexity index is 535. The average Bonchev–Trinajstić information content (AvgIpc) is 2.44. The number of rotatable bonds is 3. The molecule has 0 aliphatic carbocycles. The molecule has 0 bridgehead atoms. The number of likely N-dealkylation sites (tertiary alicyclic amines) is 1. The van der Waals surface area contributed by atoms with Gasteiger partial charge < -0.3 is 9.64 Å². The molecule has 1 fully saturated rings. The molecule has 1 aliphatic heterocycles. The number of benzene rings is 1. The lowest BCUT2D eigenvalue weighted by Gasteiger charge is -2.34. The van der Waals surface area contributed by atoms with Crippen LogP contribution in [0.4, 0.5) is 4.39 Å². The number of carbonyl (C=O) groups excluding carboxylic acids is 2. The smallest absolute Gasteiger partial charge is 0.328 e. The summed E-state index contributed by atoms with van der Waals surface area (Å²) in [7, 11) is 1.29. The van der Waals surface area contributed by atoms with E-state index in [9.17, 15) is 14.0 Å². The Balaban J connectivity index is 2.25. The molecular weight excluding hydrogens is 285 g/mol. The molecule has 1 amide bonds. The Morgan fingerprint density at radius 2 is 2.30 bits per heavy atom. The summed E-state index contributed by atoms with van der Waals surface area (Å²) in [5.74, 6) is -1.03. The van der Waals surface area contributed by atoms with Gasteiger partial charge in [-0.1, -0.05) is 11.6 Å². The van der Waals surface area contributed by atoms with Crippen molar-refractivity contribution in [3.8, 4) is 0 Å². The third-order valence-corrected chi connectivity index (χ3v) is 3.76. The van der Waals surface area contributed by atoms with Crippen molar-refractivity contribution >= 4 is 23.5 Å². The molecule has 1 unspecified atom stereocenters. The van der Waals surface area contributed by atoms with Gasteiger partial charge in [0.1, 0.15) is 11.9 Å². The summed E-state index contributed by atoms with van der Waals surface area (Å²) in [6, 6.07) is 3.34. The molecule has 1 saturated heterocycles. The van der Waals surface area contributed by atoms with Gasteiger partial charge in [-0.05, 0) is 36.6 Å². The van der Waals surface area contributed by atoms with Crippen molar-refractivity contribution in [2.45, 2.75) is 31.8 Å². The minimum absolute atomic E-state index is 0.106. The molecule has 0 aromatic heterocycles. The third kappa shape index (κ3) is 3.10. The van der Waals surface area contributed by atoms with Crippen LogP contribution in [0.25, 0.3) is 0 Å². The molecule has 1 atom stereocenters. The van der Waals surface area contributed by atoms with E-state index in [1.165, 1.54) is 30.2 Å². The second kappa shape index (κ2) is 6.22. The largest absolute Gasteiger partial charge is 0.467 e. The highest BCUT2D eigenvalue weighted by atomic mass is 35.5. The number of methoxy groups -OCH3 is 1. The molecular formula is C14H15ClFNO3. The maximum absolute atomic E-state index is 13.3. The van der Waals surface area contributed by atoms with E-state index in [4.69, 9.17) is 16.3 Å². The van der Waals surface area contributed by atoms with Crippen LogP contribution in [0.3, 0.4) is 0 Å². The molecule has 6 heteroatoms. The highest BCUT2D eigenvalue weighted by molar-refractivity contribution is 6.31. The van der Waals surface area contributed by atoms with Crippen LogP contribution in [0.5, 0.6) is 0 Å². The van der Waals surface area contributed by atoms with Crippen molar-refractivity contribution in [2.24, 2.45) is 0 Å². The number of piperidine rings is 1. The number of amides is 1. The van der Waals surface area contributed by atoms with Crippen molar-refractivity contribution in [3.63, 3.8) is 0 Å². The SMILES string of the molecule is COC(=O)C1CCCC(=O)N1Cc1cc(F)ccc1Cl. The van der Waals surface area contributed by atoms with E-state index in [0.29, 0.717) is 29.8 Å². The lowest BCUT2D eigenvalue weighted by atomic mass is 10.0. The van der Waals surface area contributed by atoms with Crippen LogP contribution in [0.15, 0.2) is 18.2 Å². The predicted octanol–water partition coefficient (Wildman–Crippen LogP) is 2.53. The van der Waals surface area contributed by atoms with Gasteiger partial charge >= 0.3 is 5.97 Å². The topological polar surface area (TPSA) is 46.6 Å². The highest BCUT2D eigenvalue weighted by Gasteiger charge is 2.34. The van der Waals surface area contributed by atoms with E-state index in [1.54, 1.807) is 0 Å². The number of hydrogen-bond acceptors (Lipinski definition) is 3. The first-order chi connectivity index (χ1) is 9.52. The molecule has 2 rings (SSSR count). The van der Waals surface area contributed by atoms with Gasteiger partial charge in [0.15, 0.2) is 0 Å². The van der Waals surface area contributed by atoms with Crippen molar-refractivity contribution in [2.75, 3.05) is 7.11 Å². The van der Waals surface area contributed by atoms with Crippen LogP contribution in [0.1, 0.15) is 24.8 Å². The molecule has 20 heavy (non-hydrogen) atoms. The van der Waals surface area contributed by atoms with Crippen molar-refractivity contribution in [3.05, 3.63) is 34.6 Å². The van der Waals surface area contributed by atoms with Crippen LogP contribution in [0.2, 0.25) is 5.02 Å². The monoisotopic (exact) mass is 299 g/mol. The van der Waals surface area contributed by atoms with Gasteiger partial charge in [-0.2, -0.15) is 0 Å². The number of esters is 1. The molecule has 1 aromatic carbocycles. The number of halogens is 2. The molecule has 4 nitrogen and oxygen atoms in total. The van der Waals surface area contributed by atoms with E-state index in [-0.39, 0.29) is 12.5 Å². The minimum atomic E-state index is -0.624. The van der Waals surface area contributed by atoms with Crippen LogP contribution < -0.4 is 0 Å². The summed E-state index contributed by atoms with van der Waals surface area (Å²) in [5, 5.41) is 0.369. The maximum atomic E-state index is 13.3. The quantitative estimate of drug-likeness (QED) is 0.806. The lowest BCUT2D eigenvalue weighted by Crippen LogP contribution is -2.47. The standard InChI is InChI=1S/C14H15ClFNO3/c1-20-14(19)12-3-2-4-13(18)17(12)8-9-7-10(16)5-6-11(9)15/h5-7,12H,2-4,8H2,1H3. The van der Waals surface area contributed by atoms with E-state index in [2.05, 4.69) is 0 Å². The Morgan fingerprint density at radius 1 is 1.55 bits per heavy atom. The van der Waals surface area contributed by atoms with Gasteiger partial charge in [0.05, 0.1) is 7.11 Å². The van der Waals surface area contributed by atoms with E-state index >= 15 is 0 Å². The Kier molecular flexibility index (Phi) is 4.60. The van der Waals surface area contributed by atoms with Gasteiger partial charge in [-0.25, -0.2) is 9.18 Å². The molecule has 1 heterocycles.